The first-order chi connectivity index (χ1) is 10.3. The van der Waals surface area contributed by atoms with E-state index in [1.807, 2.05) is 36.4 Å². The molecule has 21 heavy (non-hydrogen) atoms. The highest BCUT2D eigenvalue weighted by Gasteiger charge is 2.20. The van der Waals surface area contributed by atoms with E-state index >= 15 is 0 Å². The third-order valence-electron chi connectivity index (χ3n) is 3.91. The minimum absolute atomic E-state index is 0.253. The van der Waals surface area contributed by atoms with Crippen LogP contribution < -0.4 is 9.64 Å². The van der Waals surface area contributed by atoms with Gasteiger partial charge < -0.3 is 9.64 Å². The van der Waals surface area contributed by atoms with Crippen LogP contribution in [-0.4, -0.2) is 19.4 Å². The van der Waals surface area contributed by atoms with Crippen LogP contribution in [0.5, 0.6) is 5.75 Å². The molecule has 1 aliphatic rings. The zero-order valence-corrected chi connectivity index (χ0v) is 12.2. The number of para-hydroxylation sites is 1. The second kappa shape index (κ2) is 6.00. The fourth-order valence-corrected chi connectivity index (χ4v) is 2.79. The number of benzene rings is 2. The molecule has 0 unspecified atom stereocenters. The molecular weight excluding hydrogens is 262 g/mol. The van der Waals surface area contributed by atoms with E-state index in [1.165, 1.54) is 5.56 Å². The molecule has 0 aromatic heterocycles. The molecule has 0 aliphatic carbocycles. The Morgan fingerprint density at radius 2 is 1.86 bits per heavy atom. The van der Waals surface area contributed by atoms with Gasteiger partial charge in [-0.15, -0.1) is 0 Å². The average molecular weight is 281 g/mol. The van der Waals surface area contributed by atoms with Crippen molar-refractivity contribution in [3.63, 3.8) is 0 Å². The highest BCUT2D eigenvalue weighted by molar-refractivity contribution is 6.01. The van der Waals surface area contributed by atoms with E-state index in [9.17, 15) is 4.79 Å². The number of rotatable bonds is 3. The van der Waals surface area contributed by atoms with Crippen molar-refractivity contribution in [1.29, 1.82) is 0 Å². The summed E-state index contributed by atoms with van der Waals surface area (Å²) < 4.78 is 5.19. The summed E-state index contributed by atoms with van der Waals surface area (Å²) in [5, 5.41) is 0. The molecule has 3 rings (SSSR count). The molecule has 0 saturated heterocycles. The lowest BCUT2D eigenvalue weighted by atomic mass is 10.1. The van der Waals surface area contributed by atoms with E-state index in [0.29, 0.717) is 6.42 Å². The van der Waals surface area contributed by atoms with E-state index in [0.717, 1.165) is 36.5 Å². The molecule has 0 spiro atoms. The Hall–Kier alpha value is -2.29. The van der Waals surface area contributed by atoms with Gasteiger partial charge in [-0.25, -0.2) is 0 Å². The smallest absolute Gasteiger partial charge is 0.165 e. The van der Waals surface area contributed by atoms with E-state index in [1.54, 1.807) is 7.11 Å². The number of hydrogen-bond donors (Lipinski definition) is 0. The van der Waals surface area contributed by atoms with Gasteiger partial charge in [0.05, 0.1) is 7.11 Å². The fraction of sp³-hybridized carbons (Fsp3) is 0.278. The topological polar surface area (TPSA) is 29.5 Å². The Kier molecular flexibility index (Phi) is 3.91. The van der Waals surface area contributed by atoms with Gasteiger partial charge in [0.1, 0.15) is 5.75 Å². The second-order valence-corrected chi connectivity index (χ2v) is 5.31. The van der Waals surface area contributed by atoms with Crippen LogP contribution in [0.25, 0.3) is 0 Å². The molecule has 0 saturated carbocycles. The zero-order valence-electron chi connectivity index (χ0n) is 12.2. The lowest BCUT2D eigenvalue weighted by molar-refractivity contribution is 0.0984. The number of Topliss-reactive ketones (excluding diaryl/α,β-unsaturated/α-hetero) is 1. The molecule has 3 heteroatoms. The van der Waals surface area contributed by atoms with Crippen LogP contribution in [0.3, 0.4) is 0 Å². The number of fused-ring (bicyclic) bond motifs is 1. The van der Waals surface area contributed by atoms with E-state index in [-0.39, 0.29) is 5.78 Å². The molecule has 0 radical (unpaired) electrons. The zero-order chi connectivity index (χ0) is 14.7. The Labute approximate surface area is 125 Å². The number of ketones is 1. The maximum absolute atomic E-state index is 12.1. The van der Waals surface area contributed by atoms with Crippen molar-refractivity contribution < 1.29 is 9.53 Å². The Balaban J connectivity index is 1.87. The van der Waals surface area contributed by atoms with Gasteiger partial charge in [-0.3, -0.25) is 4.79 Å². The molecular formula is C18H19NO2. The Morgan fingerprint density at radius 1 is 1.10 bits per heavy atom. The van der Waals surface area contributed by atoms with Crippen molar-refractivity contribution in [3.05, 3.63) is 59.7 Å². The maximum atomic E-state index is 12.1. The minimum Gasteiger partial charge on any atom is -0.497 e. The first-order valence-electron chi connectivity index (χ1n) is 7.28. The Bertz CT molecular complexity index is 634. The molecule has 2 aromatic carbocycles. The highest BCUT2D eigenvalue weighted by Crippen LogP contribution is 2.27. The van der Waals surface area contributed by atoms with Crippen LogP contribution in [0.2, 0.25) is 0 Å². The number of hydrogen-bond acceptors (Lipinski definition) is 3. The largest absolute Gasteiger partial charge is 0.497 e. The van der Waals surface area contributed by atoms with Crippen LogP contribution in [0.1, 0.15) is 28.8 Å². The van der Waals surface area contributed by atoms with Gasteiger partial charge in [0.15, 0.2) is 5.78 Å². The van der Waals surface area contributed by atoms with Gasteiger partial charge in [0.2, 0.25) is 0 Å². The lowest BCUT2D eigenvalue weighted by Crippen LogP contribution is -2.23. The van der Waals surface area contributed by atoms with Crippen molar-refractivity contribution >= 4 is 11.5 Å². The van der Waals surface area contributed by atoms with Crippen LogP contribution in [0, 0.1) is 0 Å². The summed E-state index contributed by atoms with van der Waals surface area (Å²) in [4.78, 5) is 14.4. The monoisotopic (exact) mass is 281 g/mol. The summed E-state index contributed by atoms with van der Waals surface area (Å²) in [7, 11) is 1.67. The normalized spacial score (nSPS) is 14.5. The first kappa shape index (κ1) is 13.7. The van der Waals surface area contributed by atoms with Gasteiger partial charge in [0, 0.05) is 30.8 Å². The van der Waals surface area contributed by atoms with E-state index in [2.05, 4.69) is 17.0 Å². The molecule has 2 aromatic rings. The summed E-state index contributed by atoms with van der Waals surface area (Å²) in [6.45, 7) is 1.73. The number of carbonyl (C=O) groups is 1. The molecule has 0 amide bonds. The third kappa shape index (κ3) is 2.92. The van der Waals surface area contributed by atoms with Crippen molar-refractivity contribution in [2.75, 3.05) is 18.6 Å². The summed E-state index contributed by atoms with van der Waals surface area (Å²) >= 11 is 0. The quantitative estimate of drug-likeness (QED) is 0.859. The summed E-state index contributed by atoms with van der Waals surface area (Å²) in [5.41, 5.74) is 3.12. The van der Waals surface area contributed by atoms with Crippen LogP contribution in [0.4, 0.5) is 5.69 Å². The van der Waals surface area contributed by atoms with Gasteiger partial charge >= 0.3 is 0 Å². The van der Waals surface area contributed by atoms with Crippen LogP contribution in [-0.2, 0) is 6.54 Å². The van der Waals surface area contributed by atoms with Crippen molar-refractivity contribution in [2.45, 2.75) is 19.4 Å². The van der Waals surface area contributed by atoms with E-state index in [4.69, 9.17) is 4.74 Å². The molecule has 0 bridgehead atoms. The molecule has 1 aliphatic heterocycles. The fourth-order valence-electron chi connectivity index (χ4n) is 2.79. The molecule has 1 heterocycles. The molecule has 0 atom stereocenters. The summed E-state index contributed by atoms with van der Waals surface area (Å²) in [6.07, 6.45) is 1.54. The first-order valence-corrected chi connectivity index (χ1v) is 7.28. The van der Waals surface area contributed by atoms with Gasteiger partial charge in [-0.2, -0.15) is 0 Å². The molecule has 3 nitrogen and oxygen atoms in total. The van der Waals surface area contributed by atoms with Gasteiger partial charge in [-0.05, 0) is 36.2 Å². The SMILES string of the molecule is COc1ccc(CN2CCCC(=O)c3ccccc32)cc1. The predicted molar refractivity (Wildman–Crippen MR) is 84.1 cm³/mol. The maximum Gasteiger partial charge on any atom is 0.165 e. The van der Waals surface area contributed by atoms with Crippen LogP contribution >= 0.6 is 0 Å². The highest BCUT2D eigenvalue weighted by atomic mass is 16.5. The number of methoxy groups -OCH3 is 1. The Morgan fingerprint density at radius 3 is 2.62 bits per heavy atom. The van der Waals surface area contributed by atoms with Crippen molar-refractivity contribution in [1.82, 2.24) is 0 Å². The predicted octanol–water partition coefficient (Wildman–Crippen LogP) is 3.68. The number of nitrogens with zero attached hydrogens (tertiary/aromatic N) is 1. The molecule has 108 valence electrons. The second-order valence-electron chi connectivity index (χ2n) is 5.31. The molecule has 0 N–H and O–H groups in total. The number of anilines is 1. The number of ether oxygens (including phenoxy) is 1. The summed E-state index contributed by atoms with van der Waals surface area (Å²) in [5.74, 6) is 1.12. The lowest BCUT2D eigenvalue weighted by Gasteiger charge is -2.24. The summed E-state index contributed by atoms with van der Waals surface area (Å²) in [6, 6.07) is 16.0. The minimum atomic E-state index is 0.253. The van der Waals surface area contributed by atoms with Crippen molar-refractivity contribution in [2.24, 2.45) is 0 Å². The third-order valence-corrected chi connectivity index (χ3v) is 3.91. The molecule has 0 fully saturated rings. The van der Waals surface area contributed by atoms with E-state index < -0.39 is 0 Å². The number of carbonyl (C=O) groups excluding carboxylic acids is 1. The standard InChI is InChI=1S/C18H19NO2/c1-21-15-10-8-14(9-11-15)13-19-12-4-7-18(20)16-5-2-3-6-17(16)19/h2-3,5-6,8-11H,4,7,12-13H2,1H3. The van der Waals surface area contributed by atoms with Crippen LogP contribution in [0.15, 0.2) is 48.5 Å². The van der Waals surface area contributed by atoms with Gasteiger partial charge in [0.25, 0.3) is 0 Å². The average Bonchev–Trinajstić information content (AvgIpc) is 2.69. The van der Waals surface area contributed by atoms with Gasteiger partial charge in [-0.1, -0.05) is 24.3 Å². The van der Waals surface area contributed by atoms with Crippen molar-refractivity contribution in [3.8, 4) is 5.75 Å².